The fourth-order valence-electron chi connectivity index (χ4n) is 2.38. The second-order valence-corrected chi connectivity index (χ2v) is 5.18. The van der Waals surface area contributed by atoms with Crippen molar-refractivity contribution in [3.63, 3.8) is 0 Å². The van der Waals surface area contributed by atoms with Crippen LogP contribution in [0.1, 0.15) is 25.7 Å². The Hall–Kier alpha value is -1.79. The van der Waals surface area contributed by atoms with Crippen molar-refractivity contribution in [2.45, 2.75) is 25.7 Å². The summed E-state index contributed by atoms with van der Waals surface area (Å²) in [7, 11) is 3.22. The van der Waals surface area contributed by atoms with E-state index in [0.29, 0.717) is 19.6 Å². The minimum atomic E-state index is -0.822. The molecule has 1 atom stereocenters. The smallest absolute Gasteiger partial charge is 0.319 e. The molecule has 7 heteroatoms. The van der Waals surface area contributed by atoms with E-state index in [-0.39, 0.29) is 30.7 Å². The molecule has 0 aliphatic carbocycles. The molecule has 0 aromatic heterocycles. The van der Waals surface area contributed by atoms with Gasteiger partial charge in [0.2, 0.25) is 5.91 Å². The molecule has 20 heavy (non-hydrogen) atoms. The zero-order valence-electron chi connectivity index (χ0n) is 12.1. The van der Waals surface area contributed by atoms with Gasteiger partial charge < -0.3 is 20.2 Å². The van der Waals surface area contributed by atoms with E-state index in [4.69, 9.17) is 5.11 Å². The van der Waals surface area contributed by atoms with Crippen LogP contribution in [0.3, 0.4) is 0 Å². The number of nitrogens with zero attached hydrogens (tertiary/aromatic N) is 2. The minimum Gasteiger partial charge on any atom is -0.481 e. The molecule has 2 N–H and O–H groups in total. The van der Waals surface area contributed by atoms with Crippen molar-refractivity contribution in [2.24, 2.45) is 5.92 Å². The van der Waals surface area contributed by atoms with Crippen LogP contribution in [0.15, 0.2) is 0 Å². The standard InChI is InChI=1S/C13H23N3O4/c1-14-11(17)5-7-15(2)13(20)16-6-3-4-10(9-16)8-12(18)19/h10H,3-9H2,1-2H3,(H,14,17)(H,18,19). The summed E-state index contributed by atoms with van der Waals surface area (Å²) in [6.45, 7) is 1.49. The fraction of sp³-hybridized carbons (Fsp3) is 0.769. The van der Waals surface area contributed by atoms with E-state index in [1.807, 2.05) is 0 Å². The molecule has 1 fully saturated rings. The van der Waals surface area contributed by atoms with Crippen LogP contribution < -0.4 is 5.32 Å². The van der Waals surface area contributed by atoms with Crippen molar-refractivity contribution in [1.29, 1.82) is 0 Å². The number of aliphatic carboxylic acids is 1. The molecule has 0 aromatic carbocycles. The summed E-state index contributed by atoms with van der Waals surface area (Å²) in [6, 6.07) is -0.135. The number of rotatable bonds is 5. The molecule has 7 nitrogen and oxygen atoms in total. The van der Waals surface area contributed by atoms with Gasteiger partial charge in [0.15, 0.2) is 0 Å². The third-order valence-corrected chi connectivity index (χ3v) is 3.53. The number of likely N-dealkylation sites (tertiary alicyclic amines) is 1. The molecule has 0 bridgehead atoms. The maximum Gasteiger partial charge on any atom is 0.319 e. The summed E-state index contributed by atoms with van der Waals surface area (Å²) in [4.78, 5) is 37.3. The Morgan fingerprint density at radius 2 is 2.10 bits per heavy atom. The van der Waals surface area contributed by atoms with E-state index in [1.54, 1.807) is 19.0 Å². The van der Waals surface area contributed by atoms with Crippen molar-refractivity contribution in [1.82, 2.24) is 15.1 Å². The maximum absolute atomic E-state index is 12.2. The van der Waals surface area contributed by atoms with Gasteiger partial charge in [0.25, 0.3) is 0 Å². The minimum absolute atomic E-state index is 0.0255. The number of carboxylic acids is 1. The summed E-state index contributed by atoms with van der Waals surface area (Å²) < 4.78 is 0. The number of amides is 3. The van der Waals surface area contributed by atoms with Crippen LogP contribution in [0.4, 0.5) is 4.79 Å². The molecule has 0 saturated carbocycles. The molecule has 1 aliphatic heterocycles. The molecule has 1 unspecified atom stereocenters. The van der Waals surface area contributed by atoms with Gasteiger partial charge in [-0.05, 0) is 18.8 Å². The van der Waals surface area contributed by atoms with Crippen molar-refractivity contribution < 1.29 is 19.5 Å². The third-order valence-electron chi connectivity index (χ3n) is 3.53. The Morgan fingerprint density at radius 3 is 2.70 bits per heavy atom. The van der Waals surface area contributed by atoms with Crippen LogP contribution in [-0.4, -0.2) is 66.5 Å². The number of carboxylic acid groups (broad SMARTS) is 1. The first kappa shape index (κ1) is 16.3. The molecule has 0 spiro atoms. The lowest BCUT2D eigenvalue weighted by molar-refractivity contribution is -0.138. The molecular weight excluding hydrogens is 262 g/mol. The van der Waals surface area contributed by atoms with Gasteiger partial charge in [-0.1, -0.05) is 0 Å². The predicted octanol–water partition coefficient (Wildman–Crippen LogP) is 0.361. The highest BCUT2D eigenvalue weighted by Crippen LogP contribution is 2.20. The van der Waals surface area contributed by atoms with E-state index in [2.05, 4.69) is 5.32 Å². The number of carbonyl (C=O) groups is 3. The first-order valence-corrected chi connectivity index (χ1v) is 6.86. The molecule has 1 aliphatic rings. The maximum atomic E-state index is 12.2. The van der Waals surface area contributed by atoms with Gasteiger partial charge in [-0.3, -0.25) is 9.59 Å². The number of nitrogens with one attached hydrogen (secondary N) is 1. The van der Waals surface area contributed by atoms with Crippen LogP contribution in [0.2, 0.25) is 0 Å². The zero-order valence-corrected chi connectivity index (χ0v) is 12.1. The first-order valence-electron chi connectivity index (χ1n) is 6.86. The Kier molecular flexibility index (Phi) is 6.27. The molecule has 1 rings (SSSR count). The van der Waals surface area contributed by atoms with E-state index in [9.17, 15) is 14.4 Å². The van der Waals surface area contributed by atoms with Gasteiger partial charge in [-0.15, -0.1) is 0 Å². The van der Waals surface area contributed by atoms with Crippen molar-refractivity contribution in [2.75, 3.05) is 33.7 Å². The van der Waals surface area contributed by atoms with E-state index in [1.165, 1.54) is 4.90 Å². The van der Waals surface area contributed by atoms with Crippen LogP contribution in [0, 0.1) is 5.92 Å². The van der Waals surface area contributed by atoms with Crippen molar-refractivity contribution in [3.8, 4) is 0 Å². The average molecular weight is 285 g/mol. The van der Waals surface area contributed by atoms with Gasteiger partial charge in [0.1, 0.15) is 0 Å². The summed E-state index contributed by atoms with van der Waals surface area (Å²) in [5.41, 5.74) is 0. The molecule has 3 amide bonds. The monoisotopic (exact) mass is 285 g/mol. The number of hydrogen-bond acceptors (Lipinski definition) is 3. The lowest BCUT2D eigenvalue weighted by Gasteiger charge is -2.34. The van der Waals surface area contributed by atoms with Gasteiger partial charge in [0, 0.05) is 46.6 Å². The quantitative estimate of drug-likeness (QED) is 0.763. The highest BCUT2D eigenvalue weighted by atomic mass is 16.4. The topological polar surface area (TPSA) is 90.0 Å². The van der Waals surface area contributed by atoms with Crippen molar-refractivity contribution >= 4 is 17.9 Å². The highest BCUT2D eigenvalue weighted by Gasteiger charge is 2.26. The first-order chi connectivity index (χ1) is 9.43. The lowest BCUT2D eigenvalue weighted by Crippen LogP contribution is -2.47. The second kappa shape index (κ2) is 7.72. The summed E-state index contributed by atoms with van der Waals surface area (Å²) in [5, 5.41) is 11.3. The zero-order chi connectivity index (χ0) is 15.1. The van der Waals surface area contributed by atoms with E-state index >= 15 is 0 Å². The molecule has 1 saturated heterocycles. The average Bonchev–Trinajstić information content (AvgIpc) is 2.43. The third kappa shape index (κ3) is 5.07. The van der Waals surface area contributed by atoms with Crippen LogP contribution in [0.25, 0.3) is 0 Å². The summed E-state index contributed by atoms with van der Waals surface area (Å²) >= 11 is 0. The predicted molar refractivity (Wildman–Crippen MR) is 73.3 cm³/mol. The number of carbonyl (C=O) groups excluding carboxylic acids is 2. The Labute approximate surface area is 118 Å². The number of hydrogen-bond donors (Lipinski definition) is 2. The Morgan fingerprint density at radius 1 is 1.40 bits per heavy atom. The van der Waals surface area contributed by atoms with Crippen LogP contribution in [0.5, 0.6) is 0 Å². The largest absolute Gasteiger partial charge is 0.481 e. The summed E-state index contributed by atoms with van der Waals surface area (Å²) in [5.74, 6) is -0.901. The van der Waals surface area contributed by atoms with Crippen molar-refractivity contribution in [3.05, 3.63) is 0 Å². The fourth-order valence-corrected chi connectivity index (χ4v) is 2.38. The van der Waals surface area contributed by atoms with Gasteiger partial charge in [-0.25, -0.2) is 4.79 Å². The molecular formula is C13H23N3O4. The highest BCUT2D eigenvalue weighted by molar-refractivity contribution is 5.78. The molecule has 114 valence electrons. The second-order valence-electron chi connectivity index (χ2n) is 5.18. The normalized spacial score (nSPS) is 18.5. The Bertz CT molecular complexity index is 373. The summed E-state index contributed by atoms with van der Waals surface area (Å²) in [6.07, 6.45) is 2.04. The van der Waals surface area contributed by atoms with Crippen LogP contribution >= 0.6 is 0 Å². The SMILES string of the molecule is CNC(=O)CCN(C)C(=O)N1CCCC(CC(=O)O)C1. The number of urea groups is 1. The van der Waals surface area contributed by atoms with E-state index in [0.717, 1.165) is 12.8 Å². The van der Waals surface area contributed by atoms with E-state index < -0.39 is 5.97 Å². The van der Waals surface area contributed by atoms with Crippen LogP contribution in [-0.2, 0) is 9.59 Å². The van der Waals surface area contributed by atoms with Gasteiger partial charge in [-0.2, -0.15) is 0 Å². The van der Waals surface area contributed by atoms with Gasteiger partial charge >= 0.3 is 12.0 Å². The Balaban J connectivity index is 2.45. The number of piperidine rings is 1. The lowest BCUT2D eigenvalue weighted by atomic mass is 9.95. The molecule has 0 aromatic rings. The molecule has 1 heterocycles. The molecule has 0 radical (unpaired) electrons. The van der Waals surface area contributed by atoms with Gasteiger partial charge in [0.05, 0.1) is 0 Å².